The van der Waals surface area contributed by atoms with Crippen LogP contribution in [-0.4, -0.2) is 68.2 Å². The van der Waals surface area contributed by atoms with Crippen LogP contribution in [0, 0.1) is 5.82 Å². The van der Waals surface area contributed by atoms with Crippen molar-refractivity contribution in [1.29, 1.82) is 0 Å². The third-order valence-electron chi connectivity index (χ3n) is 6.35. The van der Waals surface area contributed by atoms with Crippen molar-refractivity contribution in [3.8, 4) is 17.1 Å². The number of amides is 1. The lowest BCUT2D eigenvalue weighted by molar-refractivity contribution is 0.0642. The summed E-state index contributed by atoms with van der Waals surface area (Å²) in [4.78, 5) is 21.9. The molecule has 5 rings (SSSR count). The highest BCUT2D eigenvalue weighted by atomic mass is 32.2. The Balaban J connectivity index is 1.41. The Labute approximate surface area is 214 Å². The molecule has 0 aliphatic carbocycles. The van der Waals surface area contributed by atoms with Crippen molar-refractivity contribution in [2.45, 2.75) is 17.8 Å². The molecule has 1 fully saturated rings. The number of pyridine rings is 1. The summed E-state index contributed by atoms with van der Waals surface area (Å²) >= 11 is 1.49. The predicted molar refractivity (Wildman–Crippen MR) is 139 cm³/mol. The van der Waals surface area contributed by atoms with Crippen LogP contribution < -0.4 is 0 Å². The Bertz CT molecular complexity index is 1320. The summed E-state index contributed by atoms with van der Waals surface area (Å²) in [5.41, 5.74) is 3.22. The normalized spacial score (nSPS) is 14.2. The highest BCUT2D eigenvalue weighted by Crippen LogP contribution is 2.30. The van der Waals surface area contributed by atoms with Crippen LogP contribution in [0.3, 0.4) is 0 Å². The highest BCUT2D eigenvalue weighted by molar-refractivity contribution is 7.98. The van der Waals surface area contributed by atoms with Gasteiger partial charge in [0.15, 0.2) is 11.0 Å². The summed E-state index contributed by atoms with van der Waals surface area (Å²) in [5.74, 6) is 0.924. The molecule has 0 N–H and O–H groups in total. The van der Waals surface area contributed by atoms with Gasteiger partial charge in [0, 0.05) is 61.1 Å². The zero-order valence-corrected chi connectivity index (χ0v) is 20.9. The van der Waals surface area contributed by atoms with E-state index >= 15 is 0 Å². The number of halogens is 1. The lowest BCUT2D eigenvalue weighted by Gasteiger charge is -2.34. The molecule has 0 unspecified atom stereocenters. The van der Waals surface area contributed by atoms with Gasteiger partial charge in [-0.1, -0.05) is 36.9 Å². The van der Waals surface area contributed by atoms with E-state index in [0.29, 0.717) is 16.7 Å². The first-order chi connectivity index (χ1) is 17.6. The van der Waals surface area contributed by atoms with Gasteiger partial charge in [-0.15, -0.1) is 10.2 Å². The quantitative estimate of drug-likeness (QED) is 0.346. The molecule has 7 nitrogen and oxygen atoms in total. The van der Waals surface area contributed by atoms with Gasteiger partial charge in [-0.3, -0.25) is 14.3 Å². The molecule has 1 saturated heterocycles. The number of thioether (sulfide) groups is 1. The Morgan fingerprint density at radius 1 is 0.972 bits per heavy atom. The van der Waals surface area contributed by atoms with Gasteiger partial charge >= 0.3 is 0 Å². The lowest BCUT2D eigenvalue weighted by atomic mass is 10.1. The zero-order chi connectivity index (χ0) is 24.9. The van der Waals surface area contributed by atoms with Gasteiger partial charge in [0.2, 0.25) is 0 Å². The van der Waals surface area contributed by atoms with E-state index < -0.39 is 0 Å². The minimum absolute atomic E-state index is 0.0676. The minimum Gasteiger partial charge on any atom is -0.336 e. The molecule has 4 aromatic rings. The van der Waals surface area contributed by atoms with Gasteiger partial charge in [-0.2, -0.15) is 0 Å². The third kappa shape index (κ3) is 5.17. The number of hydrogen-bond donors (Lipinski definition) is 0. The van der Waals surface area contributed by atoms with Gasteiger partial charge in [0.25, 0.3) is 5.91 Å². The standard InChI is InChI=1S/C27H27FN6OS/c1-2-32-14-16-33(17-15-32)26(35)24-8-4-3-6-21(24)19-36-27-31-30-25(20-7-5-13-29-18-20)34(27)23-11-9-22(28)10-12-23/h3-13,18H,2,14-17,19H2,1H3. The second kappa shape index (κ2) is 11.0. The first-order valence-corrected chi connectivity index (χ1v) is 13.0. The van der Waals surface area contributed by atoms with Crippen molar-refractivity contribution in [3.63, 3.8) is 0 Å². The average molecular weight is 503 g/mol. The SMILES string of the molecule is CCN1CCN(C(=O)c2ccccc2CSc2nnc(-c3cccnc3)n2-c2ccc(F)cc2)CC1. The molecule has 0 radical (unpaired) electrons. The molecule has 0 saturated carbocycles. The number of carbonyl (C=O) groups is 1. The van der Waals surface area contributed by atoms with Crippen molar-refractivity contribution in [2.75, 3.05) is 32.7 Å². The number of piperazine rings is 1. The van der Waals surface area contributed by atoms with Gasteiger partial charge in [0.05, 0.1) is 0 Å². The second-order valence-corrected chi connectivity index (χ2v) is 9.47. The van der Waals surface area contributed by atoms with E-state index in [4.69, 9.17) is 0 Å². The minimum atomic E-state index is -0.309. The van der Waals surface area contributed by atoms with Crippen molar-refractivity contribution >= 4 is 17.7 Å². The number of rotatable bonds is 7. The van der Waals surface area contributed by atoms with Crippen LogP contribution in [-0.2, 0) is 5.75 Å². The Morgan fingerprint density at radius 2 is 1.75 bits per heavy atom. The number of aromatic nitrogens is 4. The molecule has 0 bridgehead atoms. The summed E-state index contributed by atoms with van der Waals surface area (Å²) in [6.45, 7) is 6.43. The van der Waals surface area contributed by atoms with E-state index in [9.17, 15) is 9.18 Å². The van der Waals surface area contributed by atoms with Gasteiger partial charge in [-0.25, -0.2) is 4.39 Å². The van der Waals surface area contributed by atoms with Crippen LogP contribution in [0.2, 0.25) is 0 Å². The van der Waals surface area contributed by atoms with Crippen molar-refractivity contribution < 1.29 is 9.18 Å². The number of carbonyl (C=O) groups excluding carboxylic acids is 1. The van der Waals surface area contributed by atoms with E-state index in [1.165, 1.54) is 23.9 Å². The van der Waals surface area contributed by atoms with Crippen molar-refractivity contribution in [3.05, 3.63) is 90.0 Å². The fourth-order valence-electron chi connectivity index (χ4n) is 4.30. The molecule has 2 aromatic carbocycles. The molecular formula is C27H27FN6OS. The highest BCUT2D eigenvalue weighted by Gasteiger charge is 2.24. The molecular weight excluding hydrogens is 475 g/mol. The zero-order valence-electron chi connectivity index (χ0n) is 20.0. The number of hydrogen-bond acceptors (Lipinski definition) is 6. The molecule has 2 aromatic heterocycles. The largest absolute Gasteiger partial charge is 0.336 e. The number of benzene rings is 2. The van der Waals surface area contributed by atoms with Crippen LogP contribution in [0.1, 0.15) is 22.8 Å². The van der Waals surface area contributed by atoms with Crippen molar-refractivity contribution in [1.82, 2.24) is 29.5 Å². The van der Waals surface area contributed by atoms with Crippen molar-refractivity contribution in [2.24, 2.45) is 0 Å². The molecule has 1 aliphatic rings. The second-order valence-electron chi connectivity index (χ2n) is 8.53. The maximum absolute atomic E-state index is 13.6. The summed E-state index contributed by atoms with van der Waals surface area (Å²) in [6.07, 6.45) is 3.43. The average Bonchev–Trinajstić information content (AvgIpc) is 3.36. The van der Waals surface area contributed by atoms with Crippen LogP contribution in [0.15, 0.2) is 78.2 Å². The van der Waals surface area contributed by atoms with E-state index in [1.54, 1.807) is 24.5 Å². The molecule has 3 heterocycles. The molecule has 1 aliphatic heterocycles. The fourth-order valence-corrected chi connectivity index (χ4v) is 5.26. The summed E-state index contributed by atoms with van der Waals surface area (Å²) in [6, 6.07) is 17.8. The molecule has 0 spiro atoms. The molecule has 9 heteroatoms. The van der Waals surface area contributed by atoms with E-state index in [2.05, 4.69) is 27.0 Å². The Kier molecular flexibility index (Phi) is 7.39. The van der Waals surface area contributed by atoms with Crippen LogP contribution in [0.5, 0.6) is 0 Å². The molecule has 36 heavy (non-hydrogen) atoms. The topological polar surface area (TPSA) is 67.2 Å². The lowest BCUT2D eigenvalue weighted by Crippen LogP contribution is -2.48. The monoisotopic (exact) mass is 502 g/mol. The molecule has 1 amide bonds. The van der Waals surface area contributed by atoms with Crippen LogP contribution in [0.4, 0.5) is 4.39 Å². The maximum Gasteiger partial charge on any atom is 0.254 e. The Hall–Kier alpha value is -3.56. The predicted octanol–water partition coefficient (Wildman–Crippen LogP) is 4.54. The van der Waals surface area contributed by atoms with Gasteiger partial charge < -0.3 is 9.80 Å². The smallest absolute Gasteiger partial charge is 0.254 e. The first kappa shape index (κ1) is 24.1. The number of likely N-dealkylation sites (N-methyl/N-ethyl adjacent to an activating group) is 1. The van der Waals surface area contributed by atoms with E-state index in [1.807, 2.05) is 45.9 Å². The van der Waals surface area contributed by atoms with E-state index in [0.717, 1.165) is 55.1 Å². The maximum atomic E-state index is 13.6. The molecule has 0 atom stereocenters. The summed E-state index contributed by atoms with van der Waals surface area (Å²) in [5, 5.41) is 9.52. The summed E-state index contributed by atoms with van der Waals surface area (Å²) < 4.78 is 15.5. The molecule has 184 valence electrons. The third-order valence-corrected chi connectivity index (χ3v) is 7.33. The van der Waals surface area contributed by atoms with Crippen LogP contribution in [0.25, 0.3) is 17.1 Å². The van der Waals surface area contributed by atoms with E-state index in [-0.39, 0.29) is 11.7 Å². The summed E-state index contributed by atoms with van der Waals surface area (Å²) in [7, 11) is 0. The van der Waals surface area contributed by atoms with Crippen LogP contribution >= 0.6 is 11.8 Å². The Morgan fingerprint density at radius 3 is 2.47 bits per heavy atom. The first-order valence-electron chi connectivity index (χ1n) is 12.0. The number of nitrogens with zero attached hydrogens (tertiary/aromatic N) is 6. The van der Waals surface area contributed by atoms with Gasteiger partial charge in [-0.05, 0) is 54.6 Å². The van der Waals surface area contributed by atoms with Gasteiger partial charge in [0.1, 0.15) is 5.82 Å². The fraction of sp³-hybridized carbons (Fsp3) is 0.259.